The Balaban J connectivity index is 1.56. The minimum atomic E-state index is -0.526. The van der Waals surface area contributed by atoms with Crippen molar-refractivity contribution in [3.05, 3.63) is 92.5 Å². The molecule has 2 amide bonds. The fourth-order valence-electron chi connectivity index (χ4n) is 2.59. The predicted molar refractivity (Wildman–Crippen MR) is 133 cm³/mol. The number of benzene rings is 3. The molecular formula is C24H17ClIN3O3. The number of nitriles is 1. The maximum Gasteiger partial charge on any atom is 0.266 e. The number of hydrogen-bond acceptors (Lipinski definition) is 4. The fraction of sp³-hybridized carbons (Fsp3) is 0.0417. The number of anilines is 2. The van der Waals surface area contributed by atoms with E-state index in [0.29, 0.717) is 27.7 Å². The second kappa shape index (κ2) is 11.3. The molecule has 0 unspecified atom stereocenters. The average Bonchev–Trinajstić information content (AvgIpc) is 2.80. The molecule has 160 valence electrons. The molecule has 32 heavy (non-hydrogen) atoms. The zero-order chi connectivity index (χ0) is 22.9. The summed E-state index contributed by atoms with van der Waals surface area (Å²) in [5.74, 6) is -0.313. The zero-order valence-electron chi connectivity index (χ0n) is 16.6. The van der Waals surface area contributed by atoms with E-state index in [1.807, 2.05) is 30.3 Å². The van der Waals surface area contributed by atoms with Crippen LogP contribution < -0.4 is 15.4 Å². The Bertz CT molecular complexity index is 1170. The van der Waals surface area contributed by atoms with E-state index < -0.39 is 5.91 Å². The first-order valence-electron chi connectivity index (χ1n) is 9.40. The quantitative estimate of drug-likeness (QED) is 0.228. The summed E-state index contributed by atoms with van der Waals surface area (Å²) in [7, 11) is 0. The van der Waals surface area contributed by atoms with Crippen LogP contribution in [0.4, 0.5) is 11.4 Å². The standard InChI is InChI=1S/C24H17ClIN3O3/c25-18-3-7-21(8-4-18)29-24(31)17(14-27)13-16-1-11-22(12-2-16)32-15-23(30)28-20-9-5-19(26)6-10-20/h1-13H,15H2,(H,28,30)(H,29,31)/b17-13-. The average molecular weight is 558 g/mol. The third-order valence-corrected chi connectivity index (χ3v) is 5.13. The number of hydrogen-bond donors (Lipinski definition) is 2. The molecule has 3 rings (SSSR count). The van der Waals surface area contributed by atoms with Crippen LogP contribution in [0.3, 0.4) is 0 Å². The molecule has 0 radical (unpaired) electrons. The molecule has 0 bridgehead atoms. The second-order valence-corrected chi connectivity index (χ2v) is 8.23. The van der Waals surface area contributed by atoms with Crippen LogP contribution in [0.25, 0.3) is 6.08 Å². The normalized spacial score (nSPS) is 10.7. The van der Waals surface area contributed by atoms with Crippen molar-refractivity contribution in [2.75, 3.05) is 17.2 Å². The molecule has 0 saturated carbocycles. The third-order valence-electron chi connectivity index (χ3n) is 4.16. The number of carbonyl (C=O) groups is 2. The number of nitrogens with zero attached hydrogens (tertiary/aromatic N) is 1. The van der Waals surface area contributed by atoms with Crippen molar-refractivity contribution < 1.29 is 14.3 Å². The number of amides is 2. The summed E-state index contributed by atoms with van der Waals surface area (Å²) in [6.07, 6.45) is 1.47. The predicted octanol–water partition coefficient (Wildman–Crippen LogP) is 5.51. The first kappa shape index (κ1) is 23.3. The van der Waals surface area contributed by atoms with Gasteiger partial charge in [0.25, 0.3) is 11.8 Å². The van der Waals surface area contributed by atoms with Crippen molar-refractivity contribution in [2.45, 2.75) is 0 Å². The van der Waals surface area contributed by atoms with Gasteiger partial charge in [0.05, 0.1) is 0 Å². The van der Waals surface area contributed by atoms with E-state index in [9.17, 15) is 14.9 Å². The molecule has 0 aliphatic heterocycles. The van der Waals surface area contributed by atoms with Crippen LogP contribution in [0.1, 0.15) is 5.56 Å². The number of rotatable bonds is 7. The first-order chi connectivity index (χ1) is 15.4. The molecule has 0 spiro atoms. The van der Waals surface area contributed by atoms with Gasteiger partial charge in [0, 0.05) is 20.0 Å². The van der Waals surface area contributed by atoms with Crippen molar-refractivity contribution in [3.8, 4) is 11.8 Å². The van der Waals surface area contributed by atoms with Gasteiger partial charge in [-0.25, -0.2) is 0 Å². The largest absolute Gasteiger partial charge is 0.484 e. The Labute approximate surface area is 204 Å². The van der Waals surface area contributed by atoms with Gasteiger partial charge in [-0.3, -0.25) is 9.59 Å². The molecule has 0 aliphatic carbocycles. The summed E-state index contributed by atoms with van der Waals surface area (Å²) in [6.45, 7) is -0.145. The number of carbonyl (C=O) groups excluding carboxylic acids is 2. The van der Waals surface area contributed by atoms with E-state index in [1.54, 1.807) is 48.5 Å². The van der Waals surface area contributed by atoms with Crippen LogP contribution in [0, 0.1) is 14.9 Å². The Morgan fingerprint density at radius 3 is 2.16 bits per heavy atom. The van der Waals surface area contributed by atoms with Crippen LogP contribution in [0.5, 0.6) is 5.75 Å². The maximum atomic E-state index is 12.3. The van der Waals surface area contributed by atoms with E-state index in [1.165, 1.54) is 6.08 Å². The highest BCUT2D eigenvalue weighted by Gasteiger charge is 2.10. The van der Waals surface area contributed by atoms with Gasteiger partial charge in [-0.1, -0.05) is 23.7 Å². The van der Waals surface area contributed by atoms with E-state index in [-0.39, 0.29) is 18.1 Å². The monoisotopic (exact) mass is 557 g/mol. The fourth-order valence-corrected chi connectivity index (χ4v) is 3.07. The minimum absolute atomic E-state index is 0.0504. The molecule has 8 heteroatoms. The molecule has 3 aromatic rings. The number of halogens is 2. The summed E-state index contributed by atoms with van der Waals surface area (Å²) >= 11 is 8.02. The molecule has 0 heterocycles. The molecule has 0 atom stereocenters. The van der Waals surface area contributed by atoms with Gasteiger partial charge in [-0.15, -0.1) is 0 Å². The topological polar surface area (TPSA) is 91.2 Å². The number of ether oxygens (including phenoxy) is 1. The summed E-state index contributed by atoms with van der Waals surface area (Å²) in [5.41, 5.74) is 1.82. The van der Waals surface area contributed by atoms with Crippen LogP contribution in [-0.4, -0.2) is 18.4 Å². The molecule has 0 fully saturated rings. The SMILES string of the molecule is N#C/C(=C/c1ccc(OCC(=O)Nc2ccc(I)cc2)cc1)C(=O)Nc1ccc(Cl)cc1. The van der Waals surface area contributed by atoms with Gasteiger partial charge in [0.15, 0.2) is 6.61 Å². The van der Waals surface area contributed by atoms with Gasteiger partial charge in [-0.2, -0.15) is 5.26 Å². The van der Waals surface area contributed by atoms with E-state index in [4.69, 9.17) is 16.3 Å². The summed E-state index contributed by atoms with van der Waals surface area (Å²) in [6, 6.07) is 22.6. The van der Waals surface area contributed by atoms with Crippen LogP contribution in [0.2, 0.25) is 5.02 Å². The Hall–Kier alpha value is -3.35. The second-order valence-electron chi connectivity index (χ2n) is 6.54. The van der Waals surface area contributed by atoms with Gasteiger partial charge in [0.2, 0.25) is 0 Å². The summed E-state index contributed by atoms with van der Waals surface area (Å²) < 4.78 is 6.57. The van der Waals surface area contributed by atoms with Crippen molar-refractivity contribution in [2.24, 2.45) is 0 Å². The lowest BCUT2D eigenvalue weighted by Crippen LogP contribution is -2.20. The molecule has 2 N–H and O–H groups in total. The zero-order valence-corrected chi connectivity index (χ0v) is 19.6. The molecule has 3 aromatic carbocycles. The lowest BCUT2D eigenvalue weighted by Gasteiger charge is -2.08. The van der Waals surface area contributed by atoms with Gasteiger partial charge >= 0.3 is 0 Å². The van der Waals surface area contributed by atoms with Crippen molar-refractivity contribution in [1.29, 1.82) is 5.26 Å². The van der Waals surface area contributed by atoms with Crippen LogP contribution >= 0.6 is 34.2 Å². The molecule has 0 aromatic heterocycles. The van der Waals surface area contributed by atoms with Gasteiger partial charge in [-0.05, 0) is 94.9 Å². The Kier molecular flexibility index (Phi) is 8.25. The molecule has 0 aliphatic rings. The highest BCUT2D eigenvalue weighted by atomic mass is 127. The van der Waals surface area contributed by atoms with Crippen molar-refractivity contribution >= 4 is 63.5 Å². The van der Waals surface area contributed by atoms with E-state index in [0.717, 1.165) is 3.57 Å². The third kappa shape index (κ3) is 7.11. The minimum Gasteiger partial charge on any atom is -0.484 e. The van der Waals surface area contributed by atoms with Crippen molar-refractivity contribution in [1.82, 2.24) is 0 Å². The highest BCUT2D eigenvalue weighted by Crippen LogP contribution is 2.17. The first-order valence-corrected chi connectivity index (χ1v) is 10.9. The maximum absolute atomic E-state index is 12.3. The molecule has 0 saturated heterocycles. The van der Waals surface area contributed by atoms with Crippen molar-refractivity contribution in [3.63, 3.8) is 0 Å². The lowest BCUT2D eigenvalue weighted by atomic mass is 10.1. The van der Waals surface area contributed by atoms with Crippen LogP contribution in [0.15, 0.2) is 78.4 Å². The number of nitrogens with one attached hydrogen (secondary N) is 2. The highest BCUT2D eigenvalue weighted by molar-refractivity contribution is 14.1. The molecule has 6 nitrogen and oxygen atoms in total. The summed E-state index contributed by atoms with van der Waals surface area (Å²) in [5, 5.41) is 15.3. The Morgan fingerprint density at radius 2 is 1.53 bits per heavy atom. The Morgan fingerprint density at radius 1 is 0.938 bits per heavy atom. The van der Waals surface area contributed by atoms with E-state index in [2.05, 4.69) is 33.2 Å². The van der Waals surface area contributed by atoms with Gasteiger partial charge in [0.1, 0.15) is 17.4 Å². The van der Waals surface area contributed by atoms with Gasteiger partial charge < -0.3 is 15.4 Å². The molecular weight excluding hydrogens is 541 g/mol. The van der Waals surface area contributed by atoms with E-state index >= 15 is 0 Å². The summed E-state index contributed by atoms with van der Waals surface area (Å²) in [4.78, 5) is 24.4. The smallest absolute Gasteiger partial charge is 0.266 e. The van der Waals surface area contributed by atoms with Crippen LogP contribution in [-0.2, 0) is 9.59 Å². The lowest BCUT2D eigenvalue weighted by molar-refractivity contribution is -0.118.